The molecule has 4 rings (SSSR count). The van der Waals surface area contributed by atoms with Gasteiger partial charge in [-0.2, -0.15) is 0 Å². The minimum Gasteiger partial charge on any atom is -0.337 e. The van der Waals surface area contributed by atoms with Crippen molar-refractivity contribution in [3.8, 4) is 5.69 Å². The van der Waals surface area contributed by atoms with Gasteiger partial charge in [0.15, 0.2) is 10.9 Å². The second-order valence-corrected chi connectivity index (χ2v) is 8.65. The molecule has 1 aliphatic heterocycles. The number of hydrogen-bond acceptors (Lipinski definition) is 6. The first kappa shape index (κ1) is 20.5. The predicted octanol–water partition coefficient (Wildman–Crippen LogP) is 3.90. The lowest BCUT2D eigenvalue weighted by molar-refractivity contribution is 0.0717. The van der Waals surface area contributed by atoms with Crippen LogP contribution in [0.4, 0.5) is 0 Å². The maximum Gasteiger partial charge on any atom is 0.276 e. The highest BCUT2D eigenvalue weighted by Crippen LogP contribution is 2.25. The molecule has 0 radical (unpaired) electrons. The zero-order valence-electron chi connectivity index (χ0n) is 17.6. The Bertz CT molecular complexity index is 1020. The molecule has 3 heterocycles. The third-order valence-corrected chi connectivity index (χ3v) is 6.05. The lowest BCUT2D eigenvalue weighted by Gasteiger charge is -2.26. The van der Waals surface area contributed by atoms with Crippen molar-refractivity contribution < 1.29 is 4.79 Å². The zero-order chi connectivity index (χ0) is 21.1. The second-order valence-electron chi connectivity index (χ2n) is 7.71. The summed E-state index contributed by atoms with van der Waals surface area (Å²) < 4.78 is 1.77. The largest absolute Gasteiger partial charge is 0.337 e. The van der Waals surface area contributed by atoms with E-state index in [0.717, 1.165) is 48.7 Å². The van der Waals surface area contributed by atoms with Crippen molar-refractivity contribution in [2.24, 2.45) is 0 Å². The number of amides is 1. The first-order chi connectivity index (χ1) is 14.5. The summed E-state index contributed by atoms with van der Waals surface area (Å²) >= 11 is 1.50. The van der Waals surface area contributed by atoms with Gasteiger partial charge in [-0.05, 0) is 58.2 Å². The van der Waals surface area contributed by atoms with Crippen LogP contribution in [0.1, 0.15) is 52.4 Å². The number of hydrogen-bond donors (Lipinski definition) is 0. The van der Waals surface area contributed by atoms with Gasteiger partial charge in [-0.1, -0.05) is 34.7 Å². The zero-order valence-corrected chi connectivity index (χ0v) is 18.4. The van der Waals surface area contributed by atoms with Crippen molar-refractivity contribution in [2.45, 2.75) is 50.9 Å². The third-order valence-electron chi connectivity index (χ3n) is 5.19. The van der Waals surface area contributed by atoms with Gasteiger partial charge in [0, 0.05) is 30.2 Å². The first-order valence-corrected chi connectivity index (χ1v) is 11.3. The second kappa shape index (κ2) is 8.95. The number of piperidine rings is 1. The minimum absolute atomic E-state index is 0.0370. The van der Waals surface area contributed by atoms with E-state index < -0.39 is 0 Å². The van der Waals surface area contributed by atoms with Gasteiger partial charge in [0.25, 0.3) is 5.91 Å². The molecule has 1 amide bonds. The number of likely N-dealkylation sites (tertiary alicyclic amines) is 1. The van der Waals surface area contributed by atoms with Gasteiger partial charge in [-0.15, -0.1) is 5.10 Å². The standard InChI is InChI=1S/C22H26N6OS/c1-15-7-9-18(10-8-15)28-19(14-30-22-23-16(2)13-17(3)24-22)20(25-26-28)21(29)27-11-5-4-6-12-27/h7-10,13H,4-6,11-12,14H2,1-3H3. The molecule has 8 heteroatoms. The summed E-state index contributed by atoms with van der Waals surface area (Å²) in [5.41, 5.74) is 5.13. The molecule has 1 fully saturated rings. The maximum atomic E-state index is 13.2. The fraction of sp³-hybridized carbons (Fsp3) is 0.409. The molecule has 0 spiro atoms. The van der Waals surface area contributed by atoms with Crippen LogP contribution in [0.2, 0.25) is 0 Å². The summed E-state index contributed by atoms with van der Waals surface area (Å²) in [6.45, 7) is 7.53. The lowest BCUT2D eigenvalue weighted by Crippen LogP contribution is -2.36. The van der Waals surface area contributed by atoms with Crippen LogP contribution >= 0.6 is 11.8 Å². The molecule has 1 aromatic carbocycles. The van der Waals surface area contributed by atoms with Crippen LogP contribution in [0.15, 0.2) is 35.5 Å². The smallest absolute Gasteiger partial charge is 0.276 e. The number of rotatable bonds is 5. The molecular weight excluding hydrogens is 396 g/mol. The topological polar surface area (TPSA) is 76.8 Å². The molecule has 0 N–H and O–H groups in total. The van der Waals surface area contributed by atoms with Crippen LogP contribution in [0.3, 0.4) is 0 Å². The van der Waals surface area contributed by atoms with E-state index >= 15 is 0 Å². The number of benzene rings is 1. The van der Waals surface area contributed by atoms with Crippen molar-refractivity contribution in [1.29, 1.82) is 0 Å². The van der Waals surface area contributed by atoms with E-state index in [1.54, 1.807) is 4.68 Å². The number of carbonyl (C=O) groups is 1. The van der Waals surface area contributed by atoms with Crippen LogP contribution in [-0.2, 0) is 5.75 Å². The monoisotopic (exact) mass is 422 g/mol. The minimum atomic E-state index is -0.0370. The highest BCUT2D eigenvalue weighted by atomic mass is 32.2. The van der Waals surface area contributed by atoms with Gasteiger partial charge in [0.05, 0.1) is 11.4 Å². The van der Waals surface area contributed by atoms with Crippen molar-refractivity contribution >= 4 is 17.7 Å². The van der Waals surface area contributed by atoms with Gasteiger partial charge in [-0.25, -0.2) is 14.6 Å². The number of aromatic nitrogens is 5. The molecule has 7 nitrogen and oxygen atoms in total. The molecule has 0 saturated carbocycles. The van der Waals surface area contributed by atoms with Crippen molar-refractivity contribution in [3.63, 3.8) is 0 Å². The Morgan fingerprint density at radius 2 is 1.67 bits per heavy atom. The van der Waals surface area contributed by atoms with Crippen LogP contribution in [-0.4, -0.2) is 48.9 Å². The summed E-state index contributed by atoms with van der Waals surface area (Å²) in [6.07, 6.45) is 3.25. The Morgan fingerprint density at radius 3 is 2.33 bits per heavy atom. The quantitative estimate of drug-likeness (QED) is 0.458. The van der Waals surface area contributed by atoms with Gasteiger partial charge in [0.1, 0.15) is 0 Å². The third kappa shape index (κ3) is 4.53. The van der Waals surface area contributed by atoms with Crippen LogP contribution in [0.5, 0.6) is 0 Å². The Labute approximate surface area is 180 Å². The van der Waals surface area contributed by atoms with E-state index in [1.807, 2.05) is 56.0 Å². The summed E-state index contributed by atoms with van der Waals surface area (Å²) in [5, 5.41) is 9.34. The molecule has 0 bridgehead atoms. The van der Waals surface area contributed by atoms with Crippen LogP contribution in [0, 0.1) is 20.8 Å². The molecule has 0 unspecified atom stereocenters. The fourth-order valence-electron chi connectivity index (χ4n) is 3.63. The van der Waals surface area contributed by atoms with Gasteiger partial charge >= 0.3 is 0 Å². The van der Waals surface area contributed by atoms with Gasteiger partial charge < -0.3 is 4.90 Å². The van der Waals surface area contributed by atoms with Gasteiger partial charge in [0.2, 0.25) is 0 Å². The SMILES string of the molecule is Cc1ccc(-n2nnc(C(=O)N3CCCCC3)c2CSc2nc(C)cc(C)n2)cc1. The molecule has 30 heavy (non-hydrogen) atoms. The average Bonchev–Trinajstić information content (AvgIpc) is 3.16. The van der Waals surface area contributed by atoms with Gasteiger partial charge in [-0.3, -0.25) is 4.79 Å². The van der Waals surface area contributed by atoms with Crippen molar-refractivity contribution in [1.82, 2.24) is 29.9 Å². The van der Waals surface area contributed by atoms with E-state index in [4.69, 9.17) is 0 Å². The van der Waals surface area contributed by atoms with E-state index in [9.17, 15) is 4.79 Å². The summed E-state index contributed by atoms with van der Waals surface area (Å²) in [5.74, 6) is 0.476. The van der Waals surface area contributed by atoms with Crippen LogP contribution in [0.25, 0.3) is 5.69 Å². The first-order valence-electron chi connectivity index (χ1n) is 10.3. The van der Waals surface area contributed by atoms with E-state index in [1.165, 1.54) is 23.7 Å². The van der Waals surface area contributed by atoms with Crippen LogP contribution < -0.4 is 0 Å². The normalized spacial score (nSPS) is 14.2. The number of aryl methyl sites for hydroxylation is 3. The maximum absolute atomic E-state index is 13.2. The molecule has 0 atom stereocenters. The molecule has 1 saturated heterocycles. The molecule has 1 aliphatic rings. The number of carbonyl (C=O) groups excluding carboxylic acids is 1. The Morgan fingerprint density at radius 1 is 1.00 bits per heavy atom. The lowest BCUT2D eigenvalue weighted by atomic mass is 10.1. The van der Waals surface area contributed by atoms with Crippen molar-refractivity contribution in [2.75, 3.05) is 13.1 Å². The summed E-state index contributed by atoms with van der Waals surface area (Å²) in [7, 11) is 0. The Kier molecular flexibility index (Phi) is 6.13. The van der Waals surface area contributed by atoms with E-state index in [2.05, 4.69) is 20.3 Å². The number of thioether (sulfide) groups is 1. The number of nitrogens with zero attached hydrogens (tertiary/aromatic N) is 6. The Hall–Kier alpha value is -2.74. The molecular formula is C22H26N6OS. The van der Waals surface area contributed by atoms with Crippen molar-refractivity contribution in [3.05, 3.63) is 58.7 Å². The fourth-order valence-corrected chi connectivity index (χ4v) is 4.57. The van der Waals surface area contributed by atoms with E-state index in [-0.39, 0.29) is 5.91 Å². The highest BCUT2D eigenvalue weighted by molar-refractivity contribution is 7.98. The summed E-state index contributed by atoms with van der Waals surface area (Å²) in [4.78, 5) is 24.1. The highest BCUT2D eigenvalue weighted by Gasteiger charge is 2.26. The predicted molar refractivity (Wildman–Crippen MR) is 117 cm³/mol. The Balaban J connectivity index is 1.67. The molecule has 2 aromatic heterocycles. The average molecular weight is 423 g/mol. The molecule has 3 aromatic rings. The van der Waals surface area contributed by atoms with E-state index in [0.29, 0.717) is 16.6 Å². The molecule has 0 aliphatic carbocycles. The molecule has 156 valence electrons. The summed E-state index contributed by atoms with van der Waals surface area (Å²) in [6, 6.07) is 10.0.